The quantitative estimate of drug-likeness (QED) is 0.770. The number of rotatable bonds is 7. The molecule has 0 bridgehead atoms. The maximum atomic E-state index is 11.3. The van der Waals surface area contributed by atoms with E-state index in [9.17, 15) is 8.42 Å². The third-order valence-corrected chi connectivity index (χ3v) is 4.58. The Labute approximate surface area is 110 Å². The molecule has 0 aliphatic carbocycles. The highest BCUT2D eigenvalue weighted by atomic mass is 32.2. The van der Waals surface area contributed by atoms with Crippen LogP contribution < -0.4 is 10.2 Å². The summed E-state index contributed by atoms with van der Waals surface area (Å²) in [5.74, 6) is 0.483. The van der Waals surface area contributed by atoms with Gasteiger partial charge in [0.1, 0.15) is 9.84 Å². The van der Waals surface area contributed by atoms with E-state index >= 15 is 0 Å². The van der Waals surface area contributed by atoms with Gasteiger partial charge < -0.3 is 10.2 Å². The van der Waals surface area contributed by atoms with E-state index < -0.39 is 9.84 Å². The molecular weight excluding hydrogens is 248 g/mol. The van der Waals surface area contributed by atoms with Gasteiger partial charge in [-0.15, -0.1) is 0 Å². The van der Waals surface area contributed by atoms with Crippen LogP contribution in [0.15, 0.2) is 24.3 Å². The second kappa shape index (κ2) is 6.64. The molecule has 102 valence electrons. The van der Waals surface area contributed by atoms with Gasteiger partial charge in [-0.25, -0.2) is 8.42 Å². The Morgan fingerprint density at radius 3 is 2.28 bits per heavy atom. The molecule has 4 nitrogen and oxygen atoms in total. The number of hydrogen-bond donors (Lipinski definition) is 1. The van der Waals surface area contributed by atoms with Gasteiger partial charge in [0.2, 0.25) is 0 Å². The number of hydrogen-bond acceptors (Lipinski definition) is 4. The Kier molecular flexibility index (Phi) is 5.47. The molecule has 1 aromatic rings. The van der Waals surface area contributed by atoms with Gasteiger partial charge in [-0.05, 0) is 30.7 Å². The van der Waals surface area contributed by atoms with E-state index in [1.54, 1.807) is 6.92 Å². The summed E-state index contributed by atoms with van der Waals surface area (Å²) in [6.07, 6.45) is 0.644. The van der Waals surface area contributed by atoms with Crippen molar-refractivity contribution < 1.29 is 8.42 Å². The van der Waals surface area contributed by atoms with Gasteiger partial charge in [0, 0.05) is 37.8 Å². The summed E-state index contributed by atoms with van der Waals surface area (Å²) < 4.78 is 22.6. The summed E-state index contributed by atoms with van der Waals surface area (Å²) in [5.41, 5.74) is 2.17. The molecule has 1 rings (SSSR count). The van der Waals surface area contributed by atoms with Crippen LogP contribution in [0, 0.1) is 0 Å². The number of anilines is 2. The monoisotopic (exact) mass is 270 g/mol. The molecule has 0 unspecified atom stereocenters. The van der Waals surface area contributed by atoms with Gasteiger partial charge >= 0.3 is 0 Å². The number of sulfone groups is 1. The maximum Gasteiger partial charge on any atom is 0.150 e. The van der Waals surface area contributed by atoms with Gasteiger partial charge in [0.15, 0.2) is 0 Å². The van der Waals surface area contributed by atoms with Crippen molar-refractivity contribution in [3.05, 3.63) is 24.3 Å². The van der Waals surface area contributed by atoms with Gasteiger partial charge in [-0.2, -0.15) is 0 Å². The highest BCUT2D eigenvalue weighted by molar-refractivity contribution is 7.91. The lowest BCUT2D eigenvalue weighted by molar-refractivity contribution is 0.595. The van der Waals surface area contributed by atoms with Crippen molar-refractivity contribution in [3.8, 4) is 0 Å². The molecule has 0 atom stereocenters. The van der Waals surface area contributed by atoms with Crippen molar-refractivity contribution in [2.24, 2.45) is 0 Å². The van der Waals surface area contributed by atoms with E-state index in [1.165, 1.54) is 0 Å². The Morgan fingerprint density at radius 1 is 1.17 bits per heavy atom. The predicted octanol–water partition coefficient (Wildman–Crippen LogP) is 1.99. The molecule has 0 aliphatic heterocycles. The van der Waals surface area contributed by atoms with Crippen LogP contribution >= 0.6 is 0 Å². The van der Waals surface area contributed by atoms with Crippen LogP contribution in [0.4, 0.5) is 11.4 Å². The fourth-order valence-corrected chi connectivity index (χ4v) is 2.42. The van der Waals surface area contributed by atoms with Crippen LogP contribution in [0.3, 0.4) is 0 Å². The van der Waals surface area contributed by atoms with Crippen LogP contribution in [0.25, 0.3) is 0 Å². The van der Waals surface area contributed by atoms with E-state index in [0.29, 0.717) is 13.0 Å². The molecule has 0 aromatic heterocycles. The van der Waals surface area contributed by atoms with E-state index in [2.05, 4.69) is 5.32 Å². The van der Waals surface area contributed by atoms with Crippen molar-refractivity contribution in [2.45, 2.75) is 13.3 Å². The zero-order valence-corrected chi connectivity index (χ0v) is 12.1. The maximum absolute atomic E-state index is 11.3. The topological polar surface area (TPSA) is 49.4 Å². The Bertz CT molecular complexity index is 452. The van der Waals surface area contributed by atoms with Gasteiger partial charge in [0.25, 0.3) is 0 Å². The lowest BCUT2D eigenvalue weighted by Crippen LogP contribution is -2.13. The fraction of sp³-hybridized carbons (Fsp3) is 0.538. The molecule has 0 saturated carbocycles. The Hall–Kier alpha value is -1.23. The summed E-state index contributed by atoms with van der Waals surface area (Å²) in [7, 11) is 1.16. The molecule has 0 aliphatic rings. The van der Waals surface area contributed by atoms with Crippen LogP contribution in [-0.2, 0) is 9.84 Å². The average molecular weight is 270 g/mol. The van der Waals surface area contributed by atoms with Crippen LogP contribution in [0.1, 0.15) is 13.3 Å². The lowest BCUT2D eigenvalue weighted by Gasteiger charge is -2.13. The summed E-state index contributed by atoms with van der Waals surface area (Å²) in [4.78, 5) is 2.04. The lowest BCUT2D eigenvalue weighted by atomic mass is 10.2. The van der Waals surface area contributed by atoms with Gasteiger partial charge in [-0.3, -0.25) is 0 Å². The SMILES string of the molecule is CCS(=O)(=O)CCCNc1ccc(N(C)C)cc1. The normalized spacial score (nSPS) is 11.3. The first kappa shape index (κ1) is 14.8. The first-order valence-corrected chi connectivity index (χ1v) is 7.98. The number of nitrogens with zero attached hydrogens (tertiary/aromatic N) is 1. The minimum absolute atomic E-state index is 0.227. The molecular formula is C13H22N2O2S. The highest BCUT2D eigenvalue weighted by Crippen LogP contribution is 2.15. The molecule has 0 fully saturated rings. The Morgan fingerprint density at radius 2 is 1.78 bits per heavy atom. The molecule has 0 saturated heterocycles. The largest absolute Gasteiger partial charge is 0.385 e. The second-order valence-corrected chi connectivity index (χ2v) is 6.93. The van der Waals surface area contributed by atoms with Crippen molar-refractivity contribution in [1.29, 1.82) is 0 Å². The van der Waals surface area contributed by atoms with E-state index in [4.69, 9.17) is 0 Å². The smallest absolute Gasteiger partial charge is 0.150 e. The average Bonchev–Trinajstić information content (AvgIpc) is 2.35. The summed E-state index contributed by atoms with van der Waals surface area (Å²) in [6.45, 7) is 2.36. The van der Waals surface area contributed by atoms with E-state index in [-0.39, 0.29) is 11.5 Å². The molecule has 1 N–H and O–H groups in total. The molecule has 0 radical (unpaired) electrons. The summed E-state index contributed by atoms with van der Waals surface area (Å²) >= 11 is 0. The van der Waals surface area contributed by atoms with Crippen LogP contribution in [0.2, 0.25) is 0 Å². The van der Waals surface area contributed by atoms with Crippen molar-refractivity contribution in [3.63, 3.8) is 0 Å². The molecule has 0 heterocycles. The zero-order chi connectivity index (χ0) is 13.6. The second-order valence-electron chi connectivity index (χ2n) is 4.46. The minimum atomic E-state index is -2.84. The first-order valence-electron chi connectivity index (χ1n) is 6.16. The molecule has 0 amide bonds. The van der Waals surface area contributed by atoms with Crippen LogP contribution in [0.5, 0.6) is 0 Å². The van der Waals surface area contributed by atoms with Crippen molar-refractivity contribution in [1.82, 2.24) is 0 Å². The van der Waals surface area contributed by atoms with E-state index in [0.717, 1.165) is 11.4 Å². The highest BCUT2D eigenvalue weighted by Gasteiger charge is 2.05. The van der Waals surface area contributed by atoms with Crippen LogP contribution in [-0.4, -0.2) is 40.6 Å². The number of nitrogens with one attached hydrogen (secondary N) is 1. The molecule has 1 aromatic carbocycles. The third-order valence-electron chi connectivity index (χ3n) is 2.78. The summed E-state index contributed by atoms with van der Waals surface area (Å²) in [6, 6.07) is 8.07. The van der Waals surface area contributed by atoms with Crippen molar-refractivity contribution >= 4 is 21.2 Å². The minimum Gasteiger partial charge on any atom is -0.385 e. The standard InChI is InChI=1S/C13H22N2O2S/c1-4-18(16,17)11-5-10-14-12-6-8-13(9-7-12)15(2)3/h6-9,14H,4-5,10-11H2,1-3H3. The number of benzene rings is 1. The molecule has 18 heavy (non-hydrogen) atoms. The zero-order valence-electron chi connectivity index (χ0n) is 11.3. The molecule has 0 spiro atoms. The van der Waals surface area contributed by atoms with Gasteiger partial charge in [-0.1, -0.05) is 6.92 Å². The predicted molar refractivity (Wildman–Crippen MR) is 78.2 cm³/mol. The van der Waals surface area contributed by atoms with Crippen molar-refractivity contribution in [2.75, 3.05) is 42.4 Å². The van der Waals surface area contributed by atoms with Gasteiger partial charge in [0.05, 0.1) is 5.75 Å². The Balaban J connectivity index is 2.36. The first-order chi connectivity index (χ1) is 8.44. The fourth-order valence-electron chi connectivity index (χ4n) is 1.55. The van der Waals surface area contributed by atoms with E-state index in [1.807, 2.05) is 43.3 Å². The molecule has 5 heteroatoms. The summed E-state index contributed by atoms with van der Waals surface area (Å²) in [5, 5.41) is 3.22. The third kappa shape index (κ3) is 4.96.